The number of nitro groups is 1. The molecule has 2 N–H and O–H groups in total. The van der Waals surface area contributed by atoms with E-state index in [4.69, 9.17) is 10.5 Å². The Bertz CT molecular complexity index is 542. The molecule has 1 aromatic carbocycles. The van der Waals surface area contributed by atoms with Crippen LogP contribution in [0.15, 0.2) is 36.7 Å². The number of non-ortho nitro benzene ring substituents is 1. The second-order valence-corrected chi connectivity index (χ2v) is 3.10. The predicted octanol–water partition coefficient (Wildman–Crippen LogP) is 1.76. The number of benzene rings is 1. The van der Waals surface area contributed by atoms with E-state index in [2.05, 4.69) is 9.97 Å². The molecule has 1 aromatic heterocycles. The molecule has 0 amide bonds. The van der Waals surface area contributed by atoms with Crippen molar-refractivity contribution < 1.29 is 9.66 Å². The van der Waals surface area contributed by atoms with Gasteiger partial charge in [0.25, 0.3) is 11.6 Å². The van der Waals surface area contributed by atoms with Crippen LogP contribution in [0, 0.1) is 10.1 Å². The standard InChI is InChI=1S/C10H8N4O3/c11-9-10(13-6-5-12-9)17-8-3-1-7(2-4-8)14(15)16/h1-6H,(H2,11,12). The maximum absolute atomic E-state index is 10.4. The van der Waals surface area contributed by atoms with E-state index in [-0.39, 0.29) is 17.4 Å². The van der Waals surface area contributed by atoms with Crippen LogP contribution in [0.25, 0.3) is 0 Å². The van der Waals surface area contributed by atoms with Crippen LogP contribution in [0.1, 0.15) is 0 Å². The van der Waals surface area contributed by atoms with Gasteiger partial charge in [-0.2, -0.15) is 0 Å². The van der Waals surface area contributed by atoms with Gasteiger partial charge in [-0.25, -0.2) is 9.97 Å². The number of nitrogens with zero attached hydrogens (tertiary/aromatic N) is 3. The molecule has 0 spiro atoms. The third kappa shape index (κ3) is 2.46. The molecule has 0 bridgehead atoms. The molecule has 2 rings (SSSR count). The van der Waals surface area contributed by atoms with E-state index in [1.54, 1.807) is 0 Å². The van der Waals surface area contributed by atoms with Crippen molar-refractivity contribution in [2.24, 2.45) is 0 Å². The van der Waals surface area contributed by atoms with Crippen LogP contribution in [-0.4, -0.2) is 14.9 Å². The van der Waals surface area contributed by atoms with Crippen LogP contribution in [0.5, 0.6) is 11.6 Å². The van der Waals surface area contributed by atoms with E-state index in [1.165, 1.54) is 36.7 Å². The molecule has 2 aromatic rings. The van der Waals surface area contributed by atoms with Gasteiger partial charge >= 0.3 is 0 Å². The number of rotatable bonds is 3. The Kier molecular flexibility index (Phi) is 2.82. The first-order chi connectivity index (χ1) is 8.16. The molecule has 86 valence electrons. The quantitative estimate of drug-likeness (QED) is 0.638. The lowest BCUT2D eigenvalue weighted by atomic mass is 10.3. The molecule has 7 nitrogen and oxygen atoms in total. The maximum atomic E-state index is 10.4. The molecule has 17 heavy (non-hydrogen) atoms. The third-order valence-corrected chi connectivity index (χ3v) is 1.95. The molecule has 0 saturated carbocycles. The van der Waals surface area contributed by atoms with Crippen LogP contribution in [0.4, 0.5) is 11.5 Å². The molecule has 0 unspecified atom stereocenters. The van der Waals surface area contributed by atoms with E-state index in [0.29, 0.717) is 5.75 Å². The maximum Gasteiger partial charge on any atom is 0.269 e. The predicted molar refractivity (Wildman–Crippen MR) is 59.6 cm³/mol. The van der Waals surface area contributed by atoms with Crippen LogP contribution in [0.2, 0.25) is 0 Å². The fraction of sp³-hybridized carbons (Fsp3) is 0. The summed E-state index contributed by atoms with van der Waals surface area (Å²) in [6.45, 7) is 0. The van der Waals surface area contributed by atoms with Crippen molar-refractivity contribution in [3.63, 3.8) is 0 Å². The van der Waals surface area contributed by atoms with Crippen LogP contribution < -0.4 is 10.5 Å². The molecule has 0 saturated heterocycles. The van der Waals surface area contributed by atoms with Gasteiger partial charge < -0.3 is 10.5 Å². The van der Waals surface area contributed by atoms with Gasteiger partial charge in [0.1, 0.15) is 5.75 Å². The fourth-order valence-corrected chi connectivity index (χ4v) is 1.16. The zero-order valence-corrected chi connectivity index (χ0v) is 8.61. The molecule has 0 aliphatic heterocycles. The molecular weight excluding hydrogens is 224 g/mol. The number of aromatic nitrogens is 2. The average molecular weight is 232 g/mol. The van der Waals surface area contributed by atoms with Crippen molar-refractivity contribution in [3.05, 3.63) is 46.8 Å². The molecule has 0 aliphatic rings. The minimum Gasteiger partial charge on any atom is -0.436 e. The highest BCUT2D eigenvalue weighted by Gasteiger charge is 2.07. The first kappa shape index (κ1) is 10.8. The smallest absolute Gasteiger partial charge is 0.269 e. The monoisotopic (exact) mass is 232 g/mol. The van der Waals surface area contributed by atoms with Gasteiger partial charge in [-0.05, 0) is 12.1 Å². The minimum atomic E-state index is -0.486. The highest BCUT2D eigenvalue weighted by Crippen LogP contribution is 2.24. The van der Waals surface area contributed by atoms with Gasteiger partial charge in [-0.3, -0.25) is 10.1 Å². The summed E-state index contributed by atoms with van der Waals surface area (Å²) in [4.78, 5) is 17.7. The molecule has 7 heteroatoms. The Hall–Kier alpha value is -2.70. The summed E-state index contributed by atoms with van der Waals surface area (Å²) in [6, 6.07) is 5.60. The lowest BCUT2D eigenvalue weighted by molar-refractivity contribution is -0.384. The average Bonchev–Trinajstić information content (AvgIpc) is 2.33. The number of ether oxygens (including phenoxy) is 1. The molecular formula is C10H8N4O3. The fourth-order valence-electron chi connectivity index (χ4n) is 1.16. The second kappa shape index (κ2) is 4.44. The van der Waals surface area contributed by atoms with Crippen LogP contribution in [0.3, 0.4) is 0 Å². The Balaban J connectivity index is 2.20. The Morgan fingerprint density at radius 2 is 1.82 bits per heavy atom. The zero-order chi connectivity index (χ0) is 12.3. The first-order valence-electron chi connectivity index (χ1n) is 4.65. The Morgan fingerprint density at radius 3 is 2.41 bits per heavy atom. The van der Waals surface area contributed by atoms with Gasteiger partial charge in [0.2, 0.25) is 0 Å². The largest absolute Gasteiger partial charge is 0.436 e. The minimum absolute atomic E-state index is 0.00975. The van der Waals surface area contributed by atoms with Crippen LogP contribution >= 0.6 is 0 Å². The van der Waals surface area contributed by atoms with E-state index < -0.39 is 4.92 Å². The molecule has 0 atom stereocenters. The van der Waals surface area contributed by atoms with E-state index in [0.717, 1.165) is 0 Å². The van der Waals surface area contributed by atoms with Gasteiger partial charge in [0, 0.05) is 24.5 Å². The summed E-state index contributed by atoms with van der Waals surface area (Å²) in [6.07, 6.45) is 2.88. The number of nitrogen functional groups attached to an aromatic ring is 1. The summed E-state index contributed by atoms with van der Waals surface area (Å²) in [5, 5.41) is 10.4. The Morgan fingerprint density at radius 1 is 1.18 bits per heavy atom. The van der Waals surface area contributed by atoms with Crippen molar-refractivity contribution in [2.45, 2.75) is 0 Å². The van der Waals surface area contributed by atoms with Gasteiger partial charge in [-0.15, -0.1) is 0 Å². The summed E-state index contributed by atoms with van der Waals surface area (Å²) < 4.78 is 5.32. The lowest BCUT2D eigenvalue weighted by Crippen LogP contribution is -1.97. The topological polar surface area (TPSA) is 104 Å². The summed E-state index contributed by atoms with van der Waals surface area (Å²) in [5.74, 6) is 0.731. The molecule has 0 aliphatic carbocycles. The van der Waals surface area contributed by atoms with Crippen LogP contribution in [-0.2, 0) is 0 Å². The van der Waals surface area contributed by atoms with Crippen molar-refractivity contribution >= 4 is 11.5 Å². The number of nitrogens with two attached hydrogens (primary N) is 1. The number of hydrogen-bond acceptors (Lipinski definition) is 6. The molecule has 1 heterocycles. The van der Waals surface area contributed by atoms with E-state index >= 15 is 0 Å². The number of anilines is 1. The lowest BCUT2D eigenvalue weighted by Gasteiger charge is -2.05. The number of nitro benzene ring substituents is 1. The summed E-state index contributed by atoms with van der Waals surface area (Å²) >= 11 is 0. The highest BCUT2D eigenvalue weighted by molar-refractivity contribution is 5.43. The zero-order valence-electron chi connectivity index (χ0n) is 8.61. The summed E-state index contributed by atoms with van der Waals surface area (Å²) in [7, 11) is 0. The van der Waals surface area contributed by atoms with Gasteiger partial charge in [-0.1, -0.05) is 0 Å². The first-order valence-corrected chi connectivity index (χ1v) is 4.65. The Labute approximate surface area is 96.0 Å². The molecule has 0 radical (unpaired) electrons. The highest BCUT2D eigenvalue weighted by atomic mass is 16.6. The van der Waals surface area contributed by atoms with Crippen molar-refractivity contribution in [2.75, 3.05) is 5.73 Å². The SMILES string of the molecule is Nc1nccnc1Oc1ccc([N+](=O)[O-])cc1. The normalized spacial score (nSPS) is 9.88. The van der Waals surface area contributed by atoms with Crippen molar-refractivity contribution in [1.82, 2.24) is 9.97 Å². The summed E-state index contributed by atoms with van der Waals surface area (Å²) in [5.41, 5.74) is 5.53. The van der Waals surface area contributed by atoms with Crippen molar-refractivity contribution in [1.29, 1.82) is 0 Å². The molecule has 0 fully saturated rings. The van der Waals surface area contributed by atoms with E-state index in [1.807, 2.05) is 0 Å². The van der Waals surface area contributed by atoms with Crippen molar-refractivity contribution in [3.8, 4) is 11.6 Å². The van der Waals surface area contributed by atoms with Gasteiger partial charge in [0.15, 0.2) is 5.82 Å². The van der Waals surface area contributed by atoms with E-state index in [9.17, 15) is 10.1 Å². The number of hydrogen-bond donors (Lipinski definition) is 1. The van der Waals surface area contributed by atoms with Gasteiger partial charge in [0.05, 0.1) is 4.92 Å². The second-order valence-electron chi connectivity index (χ2n) is 3.10. The third-order valence-electron chi connectivity index (χ3n) is 1.95.